The van der Waals surface area contributed by atoms with Crippen LogP contribution in [0.15, 0.2) is 12.5 Å². The Morgan fingerprint density at radius 3 is 2.79 bits per heavy atom. The molecule has 0 saturated heterocycles. The number of nitrogens with zero attached hydrogens (tertiary/aromatic N) is 3. The van der Waals surface area contributed by atoms with Crippen molar-refractivity contribution in [3.05, 3.63) is 29.9 Å². The lowest BCUT2D eigenvalue weighted by Gasteiger charge is -2.12. The van der Waals surface area contributed by atoms with Crippen LogP contribution in [-0.4, -0.2) is 37.6 Å². The average Bonchev–Trinajstić information content (AvgIpc) is 2.99. The lowest BCUT2D eigenvalue weighted by Crippen LogP contribution is -2.27. The summed E-state index contributed by atoms with van der Waals surface area (Å²) >= 11 is 0. The molecule has 0 saturated carbocycles. The van der Waals surface area contributed by atoms with Crippen molar-refractivity contribution >= 4 is 5.91 Å². The molecule has 0 aliphatic carbocycles. The molecule has 3 N–H and O–H groups in total. The molecule has 2 aromatic rings. The fourth-order valence-corrected chi connectivity index (χ4v) is 1.51. The largest absolute Gasteiger partial charge is 0.349 e. The fourth-order valence-electron chi connectivity index (χ4n) is 1.51. The molecule has 19 heavy (non-hydrogen) atoms. The summed E-state index contributed by atoms with van der Waals surface area (Å²) in [5, 5.41) is 9.49. The molecular formula is C12H18N6O. The SMILES string of the molecule is CC(C)(C)c1nc(C(=O)NCCc2cnc[nH]2)n[nH]1. The quantitative estimate of drug-likeness (QED) is 0.758. The molecule has 102 valence electrons. The van der Waals surface area contributed by atoms with Crippen LogP contribution in [0.3, 0.4) is 0 Å². The minimum Gasteiger partial charge on any atom is -0.349 e. The Morgan fingerprint density at radius 2 is 2.21 bits per heavy atom. The molecule has 0 atom stereocenters. The lowest BCUT2D eigenvalue weighted by molar-refractivity contribution is 0.0944. The zero-order chi connectivity index (χ0) is 13.9. The predicted molar refractivity (Wildman–Crippen MR) is 69.7 cm³/mol. The van der Waals surface area contributed by atoms with Gasteiger partial charge in [0.05, 0.1) is 6.33 Å². The molecule has 0 bridgehead atoms. The second-order valence-corrected chi connectivity index (χ2v) is 5.34. The van der Waals surface area contributed by atoms with E-state index in [1.807, 2.05) is 20.8 Å². The molecular weight excluding hydrogens is 244 g/mol. The summed E-state index contributed by atoms with van der Waals surface area (Å²) in [6.45, 7) is 6.54. The number of aromatic nitrogens is 5. The van der Waals surface area contributed by atoms with E-state index in [0.717, 1.165) is 5.69 Å². The first-order valence-electron chi connectivity index (χ1n) is 6.15. The molecule has 2 heterocycles. The molecule has 7 heteroatoms. The van der Waals surface area contributed by atoms with E-state index in [9.17, 15) is 4.79 Å². The summed E-state index contributed by atoms with van der Waals surface area (Å²) in [5.41, 5.74) is 0.826. The molecule has 0 aliphatic heterocycles. The minimum absolute atomic E-state index is 0.151. The molecule has 0 fully saturated rings. The van der Waals surface area contributed by atoms with Gasteiger partial charge in [-0.1, -0.05) is 20.8 Å². The van der Waals surface area contributed by atoms with E-state index >= 15 is 0 Å². The van der Waals surface area contributed by atoms with Crippen molar-refractivity contribution < 1.29 is 4.79 Å². The molecule has 0 radical (unpaired) electrons. The van der Waals surface area contributed by atoms with Crippen molar-refractivity contribution in [2.24, 2.45) is 0 Å². The fraction of sp³-hybridized carbons (Fsp3) is 0.500. The van der Waals surface area contributed by atoms with E-state index in [4.69, 9.17) is 0 Å². The van der Waals surface area contributed by atoms with Gasteiger partial charge in [0.25, 0.3) is 5.91 Å². The van der Waals surface area contributed by atoms with Gasteiger partial charge in [-0.2, -0.15) is 0 Å². The van der Waals surface area contributed by atoms with E-state index in [0.29, 0.717) is 18.8 Å². The monoisotopic (exact) mass is 262 g/mol. The number of amides is 1. The van der Waals surface area contributed by atoms with Crippen LogP contribution in [0.5, 0.6) is 0 Å². The van der Waals surface area contributed by atoms with Crippen LogP contribution >= 0.6 is 0 Å². The number of carbonyl (C=O) groups excluding carboxylic acids is 1. The topological polar surface area (TPSA) is 99.3 Å². The normalized spacial score (nSPS) is 11.5. The molecule has 2 aromatic heterocycles. The molecule has 0 aromatic carbocycles. The minimum atomic E-state index is -0.272. The van der Waals surface area contributed by atoms with Crippen molar-refractivity contribution in [1.82, 2.24) is 30.5 Å². The number of hydrogen-bond donors (Lipinski definition) is 3. The predicted octanol–water partition coefficient (Wildman–Crippen LogP) is 0.798. The maximum absolute atomic E-state index is 11.8. The van der Waals surface area contributed by atoms with Crippen molar-refractivity contribution in [1.29, 1.82) is 0 Å². The maximum atomic E-state index is 11.8. The second-order valence-electron chi connectivity index (χ2n) is 5.34. The molecule has 0 aliphatic rings. The standard InChI is InChI=1S/C12H18N6O/c1-12(2,3)11-16-9(17-18-11)10(19)14-5-4-8-6-13-7-15-8/h6-7H,4-5H2,1-3H3,(H,13,15)(H,14,19)(H,16,17,18). The Hall–Kier alpha value is -2.18. The third-order valence-electron chi connectivity index (χ3n) is 2.63. The van der Waals surface area contributed by atoms with Gasteiger partial charge in [0.15, 0.2) is 0 Å². The van der Waals surface area contributed by atoms with E-state index in [1.54, 1.807) is 12.5 Å². The summed E-state index contributed by atoms with van der Waals surface area (Å²) in [6, 6.07) is 0. The van der Waals surface area contributed by atoms with E-state index in [2.05, 4.69) is 30.5 Å². The van der Waals surface area contributed by atoms with Crippen LogP contribution in [0.2, 0.25) is 0 Å². The second kappa shape index (κ2) is 5.21. The van der Waals surface area contributed by atoms with Gasteiger partial charge in [-0.3, -0.25) is 9.89 Å². The number of nitrogens with one attached hydrogen (secondary N) is 3. The van der Waals surface area contributed by atoms with Gasteiger partial charge < -0.3 is 10.3 Å². The Labute approximate surface area is 111 Å². The smallest absolute Gasteiger partial charge is 0.290 e. The summed E-state index contributed by atoms with van der Waals surface area (Å²) < 4.78 is 0. The zero-order valence-corrected chi connectivity index (χ0v) is 11.3. The summed E-state index contributed by atoms with van der Waals surface area (Å²) in [4.78, 5) is 22.9. The van der Waals surface area contributed by atoms with Gasteiger partial charge in [-0.05, 0) is 0 Å². The number of rotatable bonds is 4. The Balaban J connectivity index is 1.88. The lowest BCUT2D eigenvalue weighted by atomic mass is 9.96. The van der Waals surface area contributed by atoms with Crippen LogP contribution in [-0.2, 0) is 11.8 Å². The number of imidazole rings is 1. The highest BCUT2D eigenvalue weighted by Gasteiger charge is 2.20. The Kier molecular flexibility index (Phi) is 3.64. The van der Waals surface area contributed by atoms with Crippen LogP contribution < -0.4 is 5.32 Å². The molecule has 0 unspecified atom stereocenters. The summed E-state index contributed by atoms with van der Waals surface area (Å²) in [5.74, 6) is 0.604. The Bertz CT molecular complexity index is 537. The highest BCUT2D eigenvalue weighted by Crippen LogP contribution is 2.17. The van der Waals surface area contributed by atoms with Crippen LogP contribution in [0.1, 0.15) is 42.9 Å². The number of aromatic amines is 2. The first-order chi connectivity index (χ1) is 8.97. The van der Waals surface area contributed by atoms with Crippen LogP contribution in [0, 0.1) is 0 Å². The molecule has 0 spiro atoms. The van der Waals surface area contributed by atoms with Gasteiger partial charge in [0, 0.05) is 30.3 Å². The Morgan fingerprint density at radius 1 is 1.42 bits per heavy atom. The van der Waals surface area contributed by atoms with Crippen molar-refractivity contribution in [3.63, 3.8) is 0 Å². The molecule has 1 amide bonds. The molecule has 2 rings (SSSR count). The number of carbonyl (C=O) groups is 1. The van der Waals surface area contributed by atoms with Crippen LogP contribution in [0.4, 0.5) is 0 Å². The summed E-state index contributed by atoms with van der Waals surface area (Å²) in [6.07, 6.45) is 4.04. The first-order valence-corrected chi connectivity index (χ1v) is 6.15. The van der Waals surface area contributed by atoms with E-state index in [1.165, 1.54) is 0 Å². The number of hydrogen-bond acceptors (Lipinski definition) is 4. The molecule has 7 nitrogen and oxygen atoms in total. The maximum Gasteiger partial charge on any atom is 0.290 e. The highest BCUT2D eigenvalue weighted by atomic mass is 16.2. The average molecular weight is 262 g/mol. The third-order valence-corrected chi connectivity index (χ3v) is 2.63. The van der Waals surface area contributed by atoms with E-state index in [-0.39, 0.29) is 17.1 Å². The van der Waals surface area contributed by atoms with Crippen molar-refractivity contribution in [3.8, 4) is 0 Å². The number of H-pyrrole nitrogens is 2. The van der Waals surface area contributed by atoms with Gasteiger partial charge in [-0.25, -0.2) is 9.97 Å². The van der Waals surface area contributed by atoms with Crippen molar-refractivity contribution in [2.45, 2.75) is 32.6 Å². The summed E-state index contributed by atoms with van der Waals surface area (Å²) in [7, 11) is 0. The first kappa shape index (κ1) is 13.3. The third kappa shape index (κ3) is 3.40. The van der Waals surface area contributed by atoms with Gasteiger partial charge in [-0.15, -0.1) is 5.10 Å². The van der Waals surface area contributed by atoms with Gasteiger partial charge in [0.2, 0.25) is 5.82 Å². The van der Waals surface area contributed by atoms with Gasteiger partial charge in [0.1, 0.15) is 5.82 Å². The zero-order valence-electron chi connectivity index (χ0n) is 11.3. The van der Waals surface area contributed by atoms with Crippen LogP contribution in [0.25, 0.3) is 0 Å². The highest BCUT2D eigenvalue weighted by molar-refractivity contribution is 5.90. The van der Waals surface area contributed by atoms with Crippen molar-refractivity contribution in [2.75, 3.05) is 6.54 Å². The van der Waals surface area contributed by atoms with Gasteiger partial charge >= 0.3 is 0 Å². The van der Waals surface area contributed by atoms with E-state index < -0.39 is 0 Å².